The lowest BCUT2D eigenvalue weighted by Gasteiger charge is -1.95. The molecule has 113 valence electrons. The number of rotatable bonds is 12. The van der Waals surface area contributed by atoms with Crippen LogP contribution in [0, 0.1) is 6.58 Å². The van der Waals surface area contributed by atoms with E-state index < -0.39 is 0 Å². The highest BCUT2D eigenvalue weighted by Crippen LogP contribution is 2.05. The quantitative estimate of drug-likeness (QED) is 0.277. The molecule has 0 heterocycles. The highest BCUT2D eigenvalue weighted by molar-refractivity contribution is 5.20. The summed E-state index contributed by atoms with van der Waals surface area (Å²) in [6.07, 6.45) is 33.5. The zero-order chi connectivity index (χ0) is 15.4. The molecule has 0 amide bonds. The smallest absolute Gasteiger partial charge is 0.0348 e. The molecular weight excluding hydrogens is 252 g/mol. The molecule has 0 aliphatic carbocycles. The lowest BCUT2D eigenvalue weighted by Crippen LogP contribution is -1.75. The van der Waals surface area contributed by atoms with E-state index in [1.54, 1.807) is 6.08 Å². The lowest BCUT2D eigenvalue weighted by atomic mass is 10.1. The van der Waals surface area contributed by atoms with Crippen LogP contribution in [0.2, 0.25) is 0 Å². The first-order chi connectivity index (χ1) is 10.4. The maximum atomic E-state index is 5.21. The van der Waals surface area contributed by atoms with Gasteiger partial charge in [-0.2, -0.15) is 0 Å². The largest absolute Gasteiger partial charge is 0.0845 e. The first-order valence-electron chi connectivity index (χ1n) is 7.95. The molecule has 1 radical (unpaired) electrons. The normalized spacial score (nSPS) is 13.2. The second-order valence-electron chi connectivity index (χ2n) is 4.75. The molecule has 0 bridgehead atoms. The van der Waals surface area contributed by atoms with Crippen LogP contribution in [0.3, 0.4) is 0 Å². The van der Waals surface area contributed by atoms with Crippen molar-refractivity contribution in [1.29, 1.82) is 0 Å². The molecule has 0 heteroatoms. The third kappa shape index (κ3) is 18.2. The van der Waals surface area contributed by atoms with Gasteiger partial charge in [-0.15, -0.1) is 0 Å². The van der Waals surface area contributed by atoms with Crippen LogP contribution in [0.25, 0.3) is 0 Å². The highest BCUT2D eigenvalue weighted by Gasteiger charge is 1.85. The van der Waals surface area contributed by atoms with Gasteiger partial charge in [0.25, 0.3) is 0 Å². The summed E-state index contributed by atoms with van der Waals surface area (Å²) < 4.78 is 0. The Morgan fingerprint density at radius 1 is 0.571 bits per heavy atom. The van der Waals surface area contributed by atoms with Crippen molar-refractivity contribution in [2.24, 2.45) is 0 Å². The molecule has 0 atom stereocenters. The summed E-state index contributed by atoms with van der Waals surface area (Å²) in [5.41, 5.74) is 0. The maximum Gasteiger partial charge on any atom is -0.0348 e. The predicted molar refractivity (Wildman–Crippen MR) is 97.1 cm³/mol. The monoisotopic (exact) mass is 281 g/mol. The van der Waals surface area contributed by atoms with Gasteiger partial charge in [-0.1, -0.05) is 118 Å². The summed E-state index contributed by atoms with van der Waals surface area (Å²) in [4.78, 5) is 0. The van der Waals surface area contributed by atoms with Crippen LogP contribution in [0.1, 0.15) is 45.4 Å². The Kier molecular flexibility index (Phi) is 16.6. The summed E-state index contributed by atoms with van der Waals surface area (Å²) in [5.74, 6) is 0. The van der Waals surface area contributed by atoms with Gasteiger partial charge in [0, 0.05) is 0 Å². The van der Waals surface area contributed by atoms with Gasteiger partial charge >= 0.3 is 0 Å². The Morgan fingerprint density at radius 3 is 1.57 bits per heavy atom. The molecule has 0 nitrogen and oxygen atoms in total. The second-order valence-corrected chi connectivity index (χ2v) is 4.75. The van der Waals surface area contributed by atoms with Gasteiger partial charge in [-0.3, -0.25) is 0 Å². The van der Waals surface area contributed by atoms with E-state index in [4.69, 9.17) is 6.58 Å². The molecule has 21 heavy (non-hydrogen) atoms. The number of unbranched alkanes of at least 4 members (excludes halogenated alkanes) is 5. The molecule has 0 N–H and O–H groups in total. The summed E-state index contributed by atoms with van der Waals surface area (Å²) in [7, 11) is 0. The SMILES string of the molecule is [CH]=CC=CC=CC=CC=CC=CC=CCCCCCCC. The van der Waals surface area contributed by atoms with E-state index in [2.05, 4.69) is 25.2 Å². The lowest BCUT2D eigenvalue weighted by molar-refractivity contribution is 0.637. The Hall–Kier alpha value is -1.82. The van der Waals surface area contributed by atoms with E-state index in [1.165, 1.54) is 44.6 Å². The van der Waals surface area contributed by atoms with Crippen LogP contribution in [-0.2, 0) is 0 Å². The first kappa shape index (κ1) is 19.2. The highest BCUT2D eigenvalue weighted by atomic mass is 13.9. The standard InChI is InChI=1S/C21H29/c1-3-5-7-9-11-13-15-17-19-21-20-18-16-14-12-10-8-6-4-2/h1,3,5,7,9,11,13,15-21H,4,6,8,10,12,14H2,2H3. The Bertz CT molecular complexity index is 386. The second kappa shape index (κ2) is 18.2. The molecule has 0 spiro atoms. The van der Waals surface area contributed by atoms with Crippen molar-refractivity contribution in [3.63, 3.8) is 0 Å². The van der Waals surface area contributed by atoms with Crippen molar-refractivity contribution in [2.75, 3.05) is 0 Å². The van der Waals surface area contributed by atoms with Gasteiger partial charge in [0.1, 0.15) is 0 Å². The van der Waals surface area contributed by atoms with E-state index in [-0.39, 0.29) is 0 Å². The average Bonchev–Trinajstić information content (AvgIpc) is 2.50. The fourth-order valence-corrected chi connectivity index (χ4v) is 1.68. The van der Waals surface area contributed by atoms with Crippen molar-refractivity contribution >= 4 is 0 Å². The van der Waals surface area contributed by atoms with Crippen molar-refractivity contribution < 1.29 is 0 Å². The third-order valence-electron chi connectivity index (χ3n) is 2.83. The van der Waals surface area contributed by atoms with Crippen LogP contribution < -0.4 is 0 Å². The number of hydrogen-bond donors (Lipinski definition) is 0. The van der Waals surface area contributed by atoms with Crippen molar-refractivity contribution in [3.05, 3.63) is 85.6 Å². The zero-order valence-corrected chi connectivity index (χ0v) is 13.3. The van der Waals surface area contributed by atoms with Gasteiger partial charge < -0.3 is 0 Å². The third-order valence-corrected chi connectivity index (χ3v) is 2.83. The van der Waals surface area contributed by atoms with Crippen molar-refractivity contribution in [3.8, 4) is 0 Å². The molecule has 0 unspecified atom stereocenters. The van der Waals surface area contributed by atoms with Crippen LogP contribution >= 0.6 is 0 Å². The van der Waals surface area contributed by atoms with Gasteiger partial charge in [0.2, 0.25) is 0 Å². The Balaban J connectivity index is 3.59. The molecule has 0 aromatic heterocycles. The van der Waals surface area contributed by atoms with Crippen LogP contribution in [0.15, 0.2) is 79.0 Å². The summed E-state index contributed by atoms with van der Waals surface area (Å²) in [6.45, 7) is 7.46. The molecule has 0 fully saturated rings. The molecule has 0 aliphatic heterocycles. The van der Waals surface area contributed by atoms with Crippen molar-refractivity contribution in [2.45, 2.75) is 45.4 Å². The molecule has 0 aliphatic rings. The molecule has 0 aromatic carbocycles. The van der Waals surface area contributed by atoms with Gasteiger partial charge in [-0.25, -0.2) is 0 Å². The molecule has 0 rings (SSSR count). The molecule has 0 saturated carbocycles. The van der Waals surface area contributed by atoms with E-state index in [9.17, 15) is 0 Å². The van der Waals surface area contributed by atoms with Gasteiger partial charge in [0.05, 0.1) is 0 Å². The Morgan fingerprint density at radius 2 is 1.05 bits per heavy atom. The minimum absolute atomic E-state index is 1.19. The summed E-state index contributed by atoms with van der Waals surface area (Å²) in [6, 6.07) is 0. The summed E-state index contributed by atoms with van der Waals surface area (Å²) >= 11 is 0. The minimum Gasteiger partial charge on any atom is -0.0845 e. The molecule has 0 saturated heterocycles. The topological polar surface area (TPSA) is 0 Å². The fraction of sp³-hybridized carbons (Fsp3) is 0.333. The maximum absolute atomic E-state index is 5.21. The van der Waals surface area contributed by atoms with Gasteiger partial charge in [0.15, 0.2) is 0 Å². The van der Waals surface area contributed by atoms with Crippen molar-refractivity contribution in [1.82, 2.24) is 0 Å². The predicted octanol–water partition coefficient (Wildman–Crippen LogP) is 6.67. The number of hydrogen-bond acceptors (Lipinski definition) is 0. The van der Waals surface area contributed by atoms with Gasteiger partial charge in [-0.05, 0) is 12.8 Å². The van der Waals surface area contributed by atoms with E-state index in [0.29, 0.717) is 0 Å². The fourth-order valence-electron chi connectivity index (χ4n) is 1.68. The average molecular weight is 281 g/mol. The van der Waals surface area contributed by atoms with Crippen LogP contribution in [-0.4, -0.2) is 0 Å². The van der Waals surface area contributed by atoms with Crippen LogP contribution in [0.5, 0.6) is 0 Å². The van der Waals surface area contributed by atoms with E-state index in [1.807, 2.05) is 48.6 Å². The zero-order valence-electron chi connectivity index (χ0n) is 13.3. The molecular formula is C21H29. The molecule has 0 aromatic rings. The van der Waals surface area contributed by atoms with E-state index >= 15 is 0 Å². The minimum atomic E-state index is 1.19. The summed E-state index contributed by atoms with van der Waals surface area (Å²) in [5, 5.41) is 0. The Labute approximate surface area is 131 Å². The van der Waals surface area contributed by atoms with E-state index in [0.717, 1.165) is 0 Å². The van der Waals surface area contributed by atoms with Crippen LogP contribution in [0.4, 0.5) is 0 Å². The number of allylic oxidation sites excluding steroid dienone is 13. The first-order valence-corrected chi connectivity index (χ1v) is 7.95.